The lowest BCUT2D eigenvalue weighted by atomic mass is 10.1. The Labute approximate surface area is 161 Å². The zero-order valence-corrected chi connectivity index (χ0v) is 15.4. The highest BCUT2D eigenvalue weighted by Crippen LogP contribution is 2.22. The van der Waals surface area contributed by atoms with Gasteiger partial charge in [-0.3, -0.25) is 9.59 Å². The smallest absolute Gasteiger partial charge is 0.227 e. The molecule has 3 aromatic rings. The molecule has 0 atom stereocenters. The summed E-state index contributed by atoms with van der Waals surface area (Å²) in [6.07, 6.45) is 5.44. The summed E-state index contributed by atoms with van der Waals surface area (Å²) < 4.78 is 1.80. The molecule has 144 valence electrons. The lowest BCUT2D eigenvalue weighted by molar-refractivity contribution is -0.136. The van der Waals surface area contributed by atoms with Gasteiger partial charge in [-0.1, -0.05) is 17.3 Å². The van der Waals surface area contributed by atoms with Crippen LogP contribution < -0.4 is 5.32 Å². The summed E-state index contributed by atoms with van der Waals surface area (Å²) in [5.74, 6) is -0.0443. The van der Waals surface area contributed by atoms with Gasteiger partial charge in [0.2, 0.25) is 11.8 Å². The van der Waals surface area contributed by atoms with Gasteiger partial charge in [-0.15, -0.1) is 5.10 Å². The van der Waals surface area contributed by atoms with Crippen LogP contribution in [0.5, 0.6) is 0 Å². The van der Waals surface area contributed by atoms with Gasteiger partial charge in [0.1, 0.15) is 12.2 Å². The fourth-order valence-corrected chi connectivity index (χ4v) is 3.06. The van der Waals surface area contributed by atoms with Gasteiger partial charge in [0.25, 0.3) is 0 Å². The van der Waals surface area contributed by atoms with Gasteiger partial charge < -0.3 is 10.2 Å². The molecule has 1 N–H and O–H groups in total. The van der Waals surface area contributed by atoms with Gasteiger partial charge in [-0.05, 0) is 17.7 Å². The standard InChI is InChI=1S/C18H20N8O2/c1-13(27)21-15-4-2-14(3-5-15)8-18(28)24-11-17(12-24)25-9-16(22-23-25)10-26-19-6-7-20-26/h2-7,9,17H,8,10-12H2,1H3,(H,21,27). The monoisotopic (exact) mass is 380 g/mol. The summed E-state index contributed by atoms with van der Waals surface area (Å²) in [7, 11) is 0. The van der Waals surface area contributed by atoms with E-state index in [-0.39, 0.29) is 17.9 Å². The minimum Gasteiger partial charge on any atom is -0.338 e. The molecule has 2 amide bonds. The lowest BCUT2D eigenvalue weighted by Gasteiger charge is -2.39. The van der Waals surface area contributed by atoms with Crippen LogP contribution in [0.15, 0.2) is 42.9 Å². The van der Waals surface area contributed by atoms with Crippen molar-refractivity contribution in [3.8, 4) is 0 Å². The summed E-state index contributed by atoms with van der Waals surface area (Å²) in [5, 5.41) is 19.1. The molecular weight excluding hydrogens is 360 g/mol. The zero-order chi connectivity index (χ0) is 19.5. The highest BCUT2D eigenvalue weighted by molar-refractivity contribution is 5.88. The second-order valence-corrected chi connectivity index (χ2v) is 6.76. The molecule has 2 aromatic heterocycles. The average Bonchev–Trinajstić information content (AvgIpc) is 3.28. The van der Waals surface area contributed by atoms with E-state index in [9.17, 15) is 9.59 Å². The van der Waals surface area contributed by atoms with Gasteiger partial charge in [-0.25, -0.2) is 4.68 Å². The van der Waals surface area contributed by atoms with Crippen molar-refractivity contribution in [2.75, 3.05) is 18.4 Å². The van der Waals surface area contributed by atoms with Crippen LogP contribution >= 0.6 is 0 Å². The minimum absolute atomic E-state index is 0.0737. The first-order valence-corrected chi connectivity index (χ1v) is 8.96. The van der Waals surface area contributed by atoms with Gasteiger partial charge in [-0.2, -0.15) is 15.0 Å². The van der Waals surface area contributed by atoms with Crippen molar-refractivity contribution in [3.05, 3.63) is 54.1 Å². The predicted molar refractivity (Wildman–Crippen MR) is 99.2 cm³/mol. The van der Waals surface area contributed by atoms with Crippen molar-refractivity contribution < 1.29 is 9.59 Å². The summed E-state index contributed by atoms with van der Waals surface area (Å²) in [6, 6.07) is 7.45. The first-order valence-electron chi connectivity index (χ1n) is 8.96. The van der Waals surface area contributed by atoms with Gasteiger partial charge >= 0.3 is 0 Å². The maximum Gasteiger partial charge on any atom is 0.227 e. The molecule has 1 fully saturated rings. The molecule has 0 spiro atoms. The molecule has 10 nitrogen and oxygen atoms in total. The molecule has 3 heterocycles. The maximum atomic E-state index is 12.4. The van der Waals surface area contributed by atoms with E-state index in [2.05, 4.69) is 25.8 Å². The fourth-order valence-electron chi connectivity index (χ4n) is 3.06. The maximum absolute atomic E-state index is 12.4. The van der Waals surface area contributed by atoms with Crippen molar-refractivity contribution >= 4 is 17.5 Å². The molecule has 1 aliphatic heterocycles. The number of aromatic nitrogens is 6. The van der Waals surface area contributed by atoms with E-state index >= 15 is 0 Å². The molecule has 0 bridgehead atoms. The Morgan fingerprint density at radius 1 is 1.14 bits per heavy atom. The highest BCUT2D eigenvalue weighted by atomic mass is 16.2. The zero-order valence-electron chi connectivity index (χ0n) is 15.4. The Morgan fingerprint density at radius 2 is 1.86 bits per heavy atom. The molecule has 1 saturated heterocycles. The Balaban J connectivity index is 1.27. The van der Waals surface area contributed by atoms with Crippen LogP contribution in [-0.4, -0.2) is 59.8 Å². The number of amides is 2. The number of nitrogens with one attached hydrogen (secondary N) is 1. The molecule has 1 aromatic carbocycles. The van der Waals surface area contributed by atoms with E-state index in [1.807, 2.05) is 23.2 Å². The van der Waals surface area contributed by atoms with E-state index in [4.69, 9.17) is 0 Å². The van der Waals surface area contributed by atoms with Gasteiger partial charge in [0.05, 0.1) is 31.1 Å². The van der Waals surface area contributed by atoms with E-state index in [0.717, 1.165) is 16.9 Å². The Morgan fingerprint density at radius 3 is 2.54 bits per heavy atom. The van der Waals surface area contributed by atoms with Crippen molar-refractivity contribution in [1.29, 1.82) is 0 Å². The molecule has 10 heteroatoms. The number of carbonyl (C=O) groups is 2. The van der Waals surface area contributed by atoms with Crippen LogP contribution in [0.2, 0.25) is 0 Å². The lowest BCUT2D eigenvalue weighted by Crippen LogP contribution is -2.51. The number of benzene rings is 1. The number of likely N-dealkylation sites (tertiary alicyclic amines) is 1. The third-order valence-corrected chi connectivity index (χ3v) is 4.55. The quantitative estimate of drug-likeness (QED) is 0.667. The second kappa shape index (κ2) is 7.59. The first kappa shape index (κ1) is 17.8. The second-order valence-electron chi connectivity index (χ2n) is 6.76. The number of carbonyl (C=O) groups excluding carboxylic acids is 2. The van der Waals surface area contributed by atoms with Crippen LogP contribution in [0.3, 0.4) is 0 Å². The minimum atomic E-state index is -0.118. The van der Waals surface area contributed by atoms with Crippen LogP contribution in [-0.2, 0) is 22.6 Å². The number of rotatable bonds is 6. The normalized spacial score (nSPS) is 14.0. The number of hydrogen-bond acceptors (Lipinski definition) is 6. The molecule has 0 radical (unpaired) electrons. The van der Waals surface area contributed by atoms with Crippen LogP contribution in [0.4, 0.5) is 5.69 Å². The van der Waals surface area contributed by atoms with Gasteiger partial charge in [0, 0.05) is 25.7 Å². The van der Waals surface area contributed by atoms with Crippen molar-refractivity contribution in [2.24, 2.45) is 0 Å². The fraction of sp³-hybridized carbons (Fsp3) is 0.333. The molecule has 0 aliphatic carbocycles. The Bertz CT molecular complexity index is 958. The van der Waals surface area contributed by atoms with E-state index < -0.39 is 0 Å². The van der Waals surface area contributed by atoms with E-state index in [1.54, 1.807) is 34.0 Å². The largest absolute Gasteiger partial charge is 0.338 e. The average molecular weight is 380 g/mol. The highest BCUT2D eigenvalue weighted by Gasteiger charge is 2.32. The molecule has 0 unspecified atom stereocenters. The van der Waals surface area contributed by atoms with E-state index in [1.165, 1.54) is 6.92 Å². The summed E-state index contributed by atoms with van der Waals surface area (Å²) >= 11 is 0. The molecule has 1 aliphatic rings. The number of nitrogens with zero attached hydrogens (tertiary/aromatic N) is 7. The third-order valence-electron chi connectivity index (χ3n) is 4.55. The molecule has 0 saturated carbocycles. The Hall–Kier alpha value is -3.56. The Kier molecular flexibility index (Phi) is 4.83. The summed E-state index contributed by atoms with van der Waals surface area (Å²) in [4.78, 5) is 26.8. The van der Waals surface area contributed by atoms with Crippen molar-refractivity contribution in [3.63, 3.8) is 0 Å². The van der Waals surface area contributed by atoms with Crippen LogP contribution in [0, 0.1) is 0 Å². The van der Waals surface area contributed by atoms with E-state index in [0.29, 0.717) is 26.1 Å². The van der Waals surface area contributed by atoms with Crippen LogP contribution in [0.1, 0.15) is 24.2 Å². The number of anilines is 1. The topological polar surface area (TPSA) is 111 Å². The SMILES string of the molecule is CC(=O)Nc1ccc(CC(=O)N2CC(n3cc(Cn4nccn4)nn3)C2)cc1. The van der Waals surface area contributed by atoms with Gasteiger partial charge in [0.15, 0.2) is 0 Å². The molecular formula is C18H20N8O2. The van der Waals surface area contributed by atoms with Crippen molar-refractivity contribution in [1.82, 2.24) is 34.9 Å². The molecule has 28 heavy (non-hydrogen) atoms. The number of hydrogen-bond donors (Lipinski definition) is 1. The summed E-state index contributed by atoms with van der Waals surface area (Å²) in [6.45, 7) is 3.16. The third kappa shape index (κ3) is 4.05. The predicted octanol–water partition coefficient (Wildman–Crippen LogP) is 0.502. The molecule has 4 rings (SSSR count). The van der Waals surface area contributed by atoms with Crippen molar-refractivity contribution in [2.45, 2.75) is 25.9 Å². The first-order chi connectivity index (χ1) is 13.6. The van der Waals surface area contributed by atoms with Crippen LogP contribution in [0.25, 0.3) is 0 Å². The summed E-state index contributed by atoms with van der Waals surface area (Å²) in [5.41, 5.74) is 2.41.